The highest BCUT2D eigenvalue weighted by Gasteiger charge is 2.11. The number of halogens is 2. The number of imidazole rings is 1. The molecule has 1 aromatic heterocycles. The van der Waals surface area contributed by atoms with Crippen LogP contribution in [0.25, 0.3) is 11.4 Å². The zero-order valence-electron chi connectivity index (χ0n) is 8.50. The van der Waals surface area contributed by atoms with Crippen molar-refractivity contribution in [2.75, 3.05) is 6.54 Å². The fourth-order valence-corrected chi connectivity index (χ4v) is 1.71. The number of hydrogen-bond donors (Lipinski definition) is 2. The third kappa shape index (κ3) is 2.08. The van der Waals surface area contributed by atoms with Crippen LogP contribution in [0.1, 0.15) is 5.69 Å². The molecule has 0 bridgehead atoms. The Morgan fingerprint density at radius 2 is 2.12 bits per heavy atom. The number of nitrogens with one attached hydrogen (secondary N) is 1. The topological polar surface area (TPSA) is 54.7 Å². The van der Waals surface area contributed by atoms with E-state index in [0.717, 1.165) is 5.69 Å². The van der Waals surface area contributed by atoms with Crippen LogP contribution in [0.15, 0.2) is 24.3 Å². The van der Waals surface area contributed by atoms with Crippen molar-refractivity contribution >= 4 is 11.6 Å². The standard InChI is InChI=1S/C11H11ClFN3/c12-10-9(5-6-14)15-11(16-10)7-3-1-2-4-8(7)13/h1-4H,5-6,14H2,(H,15,16). The molecule has 0 atom stereocenters. The first-order valence-corrected chi connectivity index (χ1v) is 5.29. The summed E-state index contributed by atoms with van der Waals surface area (Å²) in [7, 11) is 0. The fourth-order valence-electron chi connectivity index (χ4n) is 1.48. The molecule has 0 aliphatic carbocycles. The maximum atomic E-state index is 13.5. The third-order valence-electron chi connectivity index (χ3n) is 2.25. The number of nitrogens with zero attached hydrogens (tertiary/aromatic N) is 1. The maximum absolute atomic E-state index is 13.5. The molecule has 5 heteroatoms. The van der Waals surface area contributed by atoms with Gasteiger partial charge in [0.2, 0.25) is 0 Å². The number of rotatable bonds is 3. The minimum Gasteiger partial charge on any atom is -0.340 e. The molecular weight excluding hydrogens is 229 g/mol. The summed E-state index contributed by atoms with van der Waals surface area (Å²) in [6, 6.07) is 6.41. The maximum Gasteiger partial charge on any atom is 0.150 e. The minimum atomic E-state index is -0.327. The Hall–Kier alpha value is -1.39. The number of aromatic nitrogens is 2. The van der Waals surface area contributed by atoms with Gasteiger partial charge in [-0.3, -0.25) is 0 Å². The summed E-state index contributed by atoms with van der Waals surface area (Å²) < 4.78 is 13.5. The second-order valence-electron chi connectivity index (χ2n) is 3.37. The van der Waals surface area contributed by atoms with Gasteiger partial charge in [-0.1, -0.05) is 23.7 Å². The Balaban J connectivity index is 2.42. The molecule has 0 unspecified atom stereocenters. The molecule has 1 aromatic carbocycles. The highest BCUT2D eigenvalue weighted by Crippen LogP contribution is 2.23. The molecule has 0 saturated carbocycles. The van der Waals surface area contributed by atoms with E-state index in [9.17, 15) is 4.39 Å². The lowest BCUT2D eigenvalue weighted by Crippen LogP contribution is -2.03. The first kappa shape index (κ1) is 11.1. The summed E-state index contributed by atoms with van der Waals surface area (Å²) in [4.78, 5) is 7.05. The minimum absolute atomic E-state index is 0.327. The van der Waals surface area contributed by atoms with Gasteiger partial charge < -0.3 is 10.7 Å². The second kappa shape index (κ2) is 4.63. The molecule has 2 rings (SSSR count). The van der Waals surface area contributed by atoms with Crippen molar-refractivity contribution in [3.05, 3.63) is 40.9 Å². The molecule has 1 heterocycles. The van der Waals surface area contributed by atoms with Gasteiger partial charge in [0.15, 0.2) is 5.15 Å². The quantitative estimate of drug-likeness (QED) is 0.864. The van der Waals surface area contributed by atoms with Gasteiger partial charge in [-0.2, -0.15) is 0 Å². The van der Waals surface area contributed by atoms with Crippen molar-refractivity contribution in [2.45, 2.75) is 6.42 Å². The molecule has 3 nitrogen and oxygen atoms in total. The van der Waals surface area contributed by atoms with Crippen LogP contribution in [-0.4, -0.2) is 16.5 Å². The number of benzene rings is 1. The molecule has 0 aliphatic rings. The van der Waals surface area contributed by atoms with E-state index in [1.807, 2.05) is 0 Å². The predicted molar refractivity (Wildman–Crippen MR) is 61.8 cm³/mol. The third-order valence-corrected chi connectivity index (χ3v) is 2.56. The first-order chi connectivity index (χ1) is 7.72. The van der Waals surface area contributed by atoms with E-state index in [2.05, 4.69) is 9.97 Å². The van der Waals surface area contributed by atoms with Gasteiger partial charge in [0.05, 0.1) is 11.3 Å². The lowest BCUT2D eigenvalue weighted by Gasteiger charge is -1.97. The van der Waals surface area contributed by atoms with Crippen molar-refractivity contribution in [2.24, 2.45) is 5.73 Å². The summed E-state index contributed by atoms with van der Waals surface area (Å²) >= 11 is 5.91. The molecule has 0 amide bonds. The van der Waals surface area contributed by atoms with Gasteiger partial charge in [-0.05, 0) is 18.7 Å². The molecule has 3 N–H and O–H groups in total. The normalized spacial score (nSPS) is 10.7. The van der Waals surface area contributed by atoms with Gasteiger partial charge in [-0.25, -0.2) is 9.37 Å². The first-order valence-electron chi connectivity index (χ1n) is 4.91. The molecule has 0 fully saturated rings. The van der Waals surface area contributed by atoms with Crippen LogP contribution in [0, 0.1) is 5.82 Å². The molecule has 84 valence electrons. The van der Waals surface area contributed by atoms with Gasteiger partial charge in [0, 0.05) is 6.42 Å². The van der Waals surface area contributed by atoms with Crippen LogP contribution >= 0.6 is 11.6 Å². The molecule has 0 spiro atoms. The Kier molecular flexibility index (Phi) is 3.22. The molecule has 2 aromatic rings. The molecule has 16 heavy (non-hydrogen) atoms. The Bertz CT molecular complexity index is 496. The van der Waals surface area contributed by atoms with Crippen LogP contribution in [0.5, 0.6) is 0 Å². The zero-order valence-corrected chi connectivity index (χ0v) is 9.26. The van der Waals surface area contributed by atoms with Crippen molar-refractivity contribution in [1.82, 2.24) is 9.97 Å². The second-order valence-corrected chi connectivity index (χ2v) is 3.73. The van der Waals surface area contributed by atoms with Gasteiger partial charge in [-0.15, -0.1) is 0 Å². The summed E-state index contributed by atoms with van der Waals surface area (Å²) in [5, 5.41) is 0.351. The van der Waals surface area contributed by atoms with Crippen LogP contribution in [0.3, 0.4) is 0 Å². The van der Waals surface area contributed by atoms with Gasteiger partial charge >= 0.3 is 0 Å². The van der Waals surface area contributed by atoms with E-state index < -0.39 is 0 Å². The van der Waals surface area contributed by atoms with Crippen molar-refractivity contribution in [1.29, 1.82) is 0 Å². The Labute approximate surface area is 97.5 Å². The summed E-state index contributed by atoms with van der Waals surface area (Å²) in [5.41, 5.74) is 6.58. The molecule has 0 radical (unpaired) electrons. The van der Waals surface area contributed by atoms with E-state index in [4.69, 9.17) is 17.3 Å². The largest absolute Gasteiger partial charge is 0.340 e. The monoisotopic (exact) mass is 239 g/mol. The highest BCUT2D eigenvalue weighted by atomic mass is 35.5. The van der Waals surface area contributed by atoms with E-state index in [0.29, 0.717) is 29.5 Å². The van der Waals surface area contributed by atoms with Crippen LogP contribution in [0.4, 0.5) is 4.39 Å². The summed E-state index contributed by atoms with van der Waals surface area (Å²) in [6.07, 6.45) is 0.598. The summed E-state index contributed by atoms with van der Waals surface area (Å²) in [6.45, 7) is 0.471. The Morgan fingerprint density at radius 1 is 1.38 bits per heavy atom. The summed E-state index contributed by atoms with van der Waals surface area (Å²) in [5.74, 6) is 0.110. The van der Waals surface area contributed by atoms with Crippen molar-refractivity contribution < 1.29 is 4.39 Å². The smallest absolute Gasteiger partial charge is 0.150 e. The fraction of sp³-hybridized carbons (Fsp3) is 0.182. The van der Waals surface area contributed by atoms with Gasteiger partial charge in [0.1, 0.15) is 11.6 Å². The van der Waals surface area contributed by atoms with E-state index in [1.54, 1.807) is 18.2 Å². The average Bonchev–Trinajstić information content (AvgIpc) is 2.61. The molecular formula is C11H11ClFN3. The van der Waals surface area contributed by atoms with Crippen LogP contribution in [0.2, 0.25) is 5.15 Å². The van der Waals surface area contributed by atoms with Crippen molar-refractivity contribution in [3.8, 4) is 11.4 Å². The SMILES string of the molecule is NCCc1[nH]c(-c2ccccc2F)nc1Cl. The number of nitrogens with two attached hydrogens (primary N) is 1. The number of aromatic amines is 1. The van der Waals surface area contributed by atoms with Crippen LogP contribution < -0.4 is 5.73 Å². The van der Waals surface area contributed by atoms with E-state index >= 15 is 0 Å². The zero-order chi connectivity index (χ0) is 11.5. The molecule has 0 aliphatic heterocycles. The lowest BCUT2D eigenvalue weighted by atomic mass is 10.2. The average molecular weight is 240 g/mol. The van der Waals surface area contributed by atoms with Gasteiger partial charge in [0.25, 0.3) is 0 Å². The predicted octanol–water partition coefficient (Wildman–Crippen LogP) is 2.37. The number of hydrogen-bond acceptors (Lipinski definition) is 2. The lowest BCUT2D eigenvalue weighted by molar-refractivity contribution is 0.630. The molecule has 0 saturated heterocycles. The van der Waals surface area contributed by atoms with Crippen LogP contribution in [-0.2, 0) is 6.42 Å². The highest BCUT2D eigenvalue weighted by molar-refractivity contribution is 6.30. The number of H-pyrrole nitrogens is 1. The van der Waals surface area contributed by atoms with E-state index in [1.165, 1.54) is 6.07 Å². The van der Waals surface area contributed by atoms with Crippen molar-refractivity contribution in [3.63, 3.8) is 0 Å². The van der Waals surface area contributed by atoms with E-state index in [-0.39, 0.29) is 5.82 Å². The Morgan fingerprint density at radius 3 is 2.81 bits per heavy atom.